The van der Waals surface area contributed by atoms with Gasteiger partial charge in [0.1, 0.15) is 5.60 Å². The minimum Gasteiger partial charge on any atom is -0.444 e. The number of aliphatic imine (C=N–C) groups is 1. The van der Waals surface area contributed by atoms with Gasteiger partial charge in [-0.25, -0.2) is 4.79 Å². The van der Waals surface area contributed by atoms with Gasteiger partial charge in [-0.3, -0.25) is 4.99 Å². The third-order valence-corrected chi connectivity index (χ3v) is 3.09. The number of amides is 1. The standard InChI is InChI=1S/C14H27N3O2/c1-6-15-10-16-12-7-8-17(11(2)9-12)13(18)19-14(3,4)5/h10-12H,6-9H2,1-5H3,(H,15,16). The van der Waals surface area contributed by atoms with Gasteiger partial charge in [0.15, 0.2) is 0 Å². The van der Waals surface area contributed by atoms with E-state index in [-0.39, 0.29) is 12.1 Å². The topological polar surface area (TPSA) is 53.9 Å². The fourth-order valence-electron chi connectivity index (χ4n) is 2.16. The molecule has 1 heterocycles. The molecule has 0 radical (unpaired) electrons. The molecule has 1 aliphatic rings. The van der Waals surface area contributed by atoms with Crippen LogP contribution in [0, 0.1) is 0 Å². The van der Waals surface area contributed by atoms with Crippen molar-refractivity contribution in [2.24, 2.45) is 4.99 Å². The predicted molar refractivity (Wildman–Crippen MR) is 77.6 cm³/mol. The number of likely N-dealkylation sites (tertiary alicyclic amines) is 1. The van der Waals surface area contributed by atoms with Crippen LogP contribution in [-0.4, -0.2) is 48.1 Å². The Morgan fingerprint density at radius 2 is 2.21 bits per heavy atom. The highest BCUT2D eigenvalue weighted by Crippen LogP contribution is 2.20. The van der Waals surface area contributed by atoms with Crippen molar-refractivity contribution in [3.63, 3.8) is 0 Å². The summed E-state index contributed by atoms with van der Waals surface area (Å²) in [6.07, 6.45) is 3.43. The van der Waals surface area contributed by atoms with Gasteiger partial charge in [0.05, 0.1) is 6.34 Å². The Bertz CT molecular complexity index is 323. The number of carbonyl (C=O) groups excluding carboxylic acids is 1. The van der Waals surface area contributed by atoms with Crippen molar-refractivity contribution in [1.29, 1.82) is 0 Å². The molecule has 2 atom stereocenters. The van der Waals surface area contributed by atoms with E-state index >= 15 is 0 Å². The third kappa shape index (κ3) is 5.49. The molecule has 0 aromatic carbocycles. The second-order valence-electron chi connectivity index (χ2n) is 6.04. The maximum absolute atomic E-state index is 12.0. The molecule has 1 rings (SSSR count). The van der Waals surface area contributed by atoms with E-state index in [4.69, 9.17) is 4.74 Å². The van der Waals surface area contributed by atoms with E-state index in [1.807, 2.05) is 32.6 Å². The quantitative estimate of drug-likeness (QED) is 0.632. The first-order chi connectivity index (χ1) is 8.83. The maximum Gasteiger partial charge on any atom is 0.410 e. The van der Waals surface area contributed by atoms with E-state index in [2.05, 4.69) is 17.2 Å². The minimum atomic E-state index is -0.431. The Labute approximate surface area is 116 Å². The molecule has 1 aliphatic heterocycles. The number of rotatable bonds is 3. The van der Waals surface area contributed by atoms with E-state index in [9.17, 15) is 4.79 Å². The van der Waals surface area contributed by atoms with Crippen molar-refractivity contribution in [1.82, 2.24) is 10.2 Å². The first kappa shape index (κ1) is 15.8. The van der Waals surface area contributed by atoms with Crippen molar-refractivity contribution in [2.75, 3.05) is 13.1 Å². The summed E-state index contributed by atoms with van der Waals surface area (Å²) in [4.78, 5) is 18.0. The summed E-state index contributed by atoms with van der Waals surface area (Å²) in [5.74, 6) is 0. The fourth-order valence-corrected chi connectivity index (χ4v) is 2.16. The monoisotopic (exact) mass is 269 g/mol. The lowest BCUT2D eigenvalue weighted by molar-refractivity contribution is 0.0101. The van der Waals surface area contributed by atoms with Crippen molar-refractivity contribution >= 4 is 12.4 Å². The third-order valence-electron chi connectivity index (χ3n) is 3.09. The van der Waals surface area contributed by atoms with Gasteiger partial charge in [0.2, 0.25) is 0 Å². The first-order valence-corrected chi connectivity index (χ1v) is 7.07. The van der Waals surface area contributed by atoms with Crippen LogP contribution >= 0.6 is 0 Å². The highest BCUT2D eigenvalue weighted by atomic mass is 16.6. The molecule has 1 N–H and O–H groups in total. The fraction of sp³-hybridized carbons (Fsp3) is 0.857. The smallest absolute Gasteiger partial charge is 0.410 e. The molecule has 0 aromatic heterocycles. The van der Waals surface area contributed by atoms with Gasteiger partial charge in [-0.15, -0.1) is 0 Å². The van der Waals surface area contributed by atoms with Crippen molar-refractivity contribution in [3.05, 3.63) is 0 Å². The second-order valence-corrected chi connectivity index (χ2v) is 6.04. The van der Waals surface area contributed by atoms with Crippen LogP contribution < -0.4 is 5.32 Å². The Kier molecular flexibility index (Phi) is 5.63. The number of hydrogen-bond donors (Lipinski definition) is 1. The highest BCUT2D eigenvalue weighted by Gasteiger charge is 2.31. The zero-order valence-electron chi connectivity index (χ0n) is 12.8. The average molecular weight is 269 g/mol. The van der Waals surface area contributed by atoms with Gasteiger partial charge < -0.3 is 15.0 Å². The number of carbonyl (C=O) groups is 1. The molecule has 0 aliphatic carbocycles. The molecule has 110 valence electrons. The van der Waals surface area contributed by atoms with Crippen molar-refractivity contribution in [3.8, 4) is 0 Å². The molecule has 1 saturated heterocycles. The molecule has 2 unspecified atom stereocenters. The van der Waals surface area contributed by atoms with E-state index in [0.717, 1.165) is 25.9 Å². The SMILES string of the molecule is CC/N=C\NC1CCN(C(=O)OC(C)(C)C)C(C)C1. The Balaban J connectivity index is 2.45. The van der Waals surface area contributed by atoms with Crippen LogP contribution in [-0.2, 0) is 4.74 Å². The van der Waals surface area contributed by atoms with Crippen LogP contribution in [0.1, 0.15) is 47.5 Å². The van der Waals surface area contributed by atoms with Crippen LogP contribution in [0.4, 0.5) is 4.79 Å². The van der Waals surface area contributed by atoms with Crippen LogP contribution in [0.15, 0.2) is 4.99 Å². The summed E-state index contributed by atoms with van der Waals surface area (Å²) >= 11 is 0. The lowest BCUT2D eigenvalue weighted by Gasteiger charge is -2.38. The largest absolute Gasteiger partial charge is 0.444 e. The number of nitrogens with zero attached hydrogens (tertiary/aromatic N) is 2. The van der Waals surface area contributed by atoms with E-state index < -0.39 is 5.60 Å². The number of hydrogen-bond acceptors (Lipinski definition) is 3. The minimum absolute atomic E-state index is 0.191. The van der Waals surface area contributed by atoms with Gasteiger partial charge in [-0.2, -0.15) is 0 Å². The summed E-state index contributed by atoms with van der Waals surface area (Å²) in [7, 11) is 0. The molecule has 1 amide bonds. The maximum atomic E-state index is 12.0. The van der Waals surface area contributed by atoms with Gasteiger partial charge in [0.25, 0.3) is 0 Å². The van der Waals surface area contributed by atoms with E-state index in [1.54, 1.807) is 6.34 Å². The Morgan fingerprint density at radius 3 is 2.74 bits per heavy atom. The van der Waals surface area contributed by atoms with Gasteiger partial charge in [-0.05, 0) is 47.5 Å². The van der Waals surface area contributed by atoms with Gasteiger partial charge >= 0.3 is 6.09 Å². The lowest BCUT2D eigenvalue weighted by Crippen LogP contribution is -2.50. The number of piperidine rings is 1. The van der Waals surface area contributed by atoms with Crippen LogP contribution in [0.2, 0.25) is 0 Å². The van der Waals surface area contributed by atoms with Gasteiger partial charge in [0, 0.05) is 25.2 Å². The second kappa shape index (κ2) is 6.78. The van der Waals surface area contributed by atoms with Crippen LogP contribution in [0.25, 0.3) is 0 Å². The lowest BCUT2D eigenvalue weighted by atomic mass is 9.99. The van der Waals surface area contributed by atoms with Crippen molar-refractivity contribution < 1.29 is 9.53 Å². The summed E-state index contributed by atoms with van der Waals surface area (Å²) in [5, 5.41) is 3.29. The van der Waals surface area contributed by atoms with Crippen LogP contribution in [0.5, 0.6) is 0 Å². The zero-order chi connectivity index (χ0) is 14.5. The Hall–Kier alpha value is -1.26. The molecule has 5 heteroatoms. The molecular weight excluding hydrogens is 242 g/mol. The molecule has 5 nitrogen and oxygen atoms in total. The molecule has 0 aromatic rings. The average Bonchev–Trinajstić information content (AvgIpc) is 2.27. The van der Waals surface area contributed by atoms with Crippen molar-refractivity contribution in [2.45, 2.75) is 65.1 Å². The predicted octanol–water partition coefficient (Wildman–Crippen LogP) is 2.41. The van der Waals surface area contributed by atoms with E-state index in [1.165, 1.54) is 0 Å². The molecule has 0 saturated carbocycles. The molecule has 1 fully saturated rings. The number of ether oxygens (including phenoxy) is 1. The zero-order valence-corrected chi connectivity index (χ0v) is 12.8. The molecule has 0 bridgehead atoms. The Morgan fingerprint density at radius 1 is 1.53 bits per heavy atom. The number of nitrogens with one attached hydrogen (secondary N) is 1. The highest BCUT2D eigenvalue weighted by molar-refractivity contribution is 5.68. The molecule has 19 heavy (non-hydrogen) atoms. The normalized spacial score (nSPS) is 24.6. The first-order valence-electron chi connectivity index (χ1n) is 7.07. The van der Waals surface area contributed by atoms with E-state index in [0.29, 0.717) is 6.04 Å². The summed E-state index contributed by atoms with van der Waals surface area (Å²) in [6, 6.07) is 0.583. The summed E-state index contributed by atoms with van der Waals surface area (Å²) < 4.78 is 5.42. The molecular formula is C14H27N3O2. The molecule has 0 spiro atoms. The summed E-state index contributed by atoms with van der Waals surface area (Å²) in [5.41, 5.74) is -0.431. The summed E-state index contributed by atoms with van der Waals surface area (Å²) in [6.45, 7) is 11.3. The van der Waals surface area contributed by atoms with Gasteiger partial charge in [-0.1, -0.05) is 0 Å². The van der Waals surface area contributed by atoms with Crippen LogP contribution in [0.3, 0.4) is 0 Å².